The highest BCUT2D eigenvalue weighted by molar-refractivity contribution is 5.91. The Morgan fingerprint density at radius 2 is 2.29 bits per heavy atom. The van der Waals surface area contributed by atoms with Gasteiger partial charge in [-0.1, -0.05) is 6.08 Å². The summed E-state index contributed by atoms with van der Waals surface area (Å²) in [5, 5.41) is 17.3. The summed E-state index contributed by atoms with van der Waals surface area (Å²) in [6.45, 7) is 1.81. The fourth-order valence-electron chi connectivity index (χ4n) is 0.731. The molecule has 1 unspecified atom stereocenters. The zero-order valence-electron chi connectivity index (χ0n) is 8.27. The van der Waals surface area contributed by atoms with Gasteiger partial charge in [-0.3, -0.25) is 4.79 Å². The quantitative estimate of drug-likeness (QED) is 0.372. The Balaban J connectivity index is 3.47. The van der Waals surface area contributed by atoms with Gasteiger partial charge in [-0.25, -0.2) is 0 Å². The van der Waals surface area contributed by atoms with Crippen LogP contribution < -0.4 is 5.73 Å². The van der Waals surface area contributed by atoms with E-state index < -0.39 is 12.0 Å². The molecule has 0 aromatic carbocycles. The number of hydrogen-bond acceptors (Lipinski definition) is 4. The largest absolute Gasteiger partial charge is 0.394 e. The number of amides is 1. The van der Waals surface area contributed by atoms with E-state index in [0.717, 1.165) is 0 Å². The third-order valence-electron chi connectivity index (χ3n) is 1.62. The number of aliphatic hydroxyl groups excluding tert-OH is 2. The molecule has 5 heteroatoms. The first kappa shape index (κ1) is 13.1. The van der Waals surface area contributed by atoms with E-state index in [1.54, 1.807) is 13.0 Å². The van der Waals surface area contributed by atoms with Gasteiger partial charge in [0.05, 0.1) is 19.8 Å². The van der Waals surface area contributed by atoms with Crippen LogP contribution >= 0.6 is 0 Å². The maximum atomic E-state index is 10.6. The van der Waals surface area contributed by atoms with Gasteiger partial charge in [0.25, 0.3) is 0 Å². The van der Waals surface area contributed by atoms with E-state index in [0.29, 0.717) is 18.6 Å². The lowest BCUT2D eigenvalue weighted by atomic mass is 10.2. The average molecular weight is 203 g/mol. The van der Waals surface area contributed by atoms with Gasteiger partial charge >= 0.3 is 0 Å². The number of rotatable bonds is 7. The van der Waals surface area contributed by atoms with Crippen LogP contribution in [-0.4, -0.2) is 42.0 Å². The van der Waals surface area contributed by atoms with Gasteiger partial charge in [0.2, 0.25) is 5.91 Å². The highest BCUT2D eigenvalue weighted by atomic mass is 16.5. The maximum absolute atomic E-state index is 10.6. The van der Waals surface area contributed by atoms with Crippen molar-refractivity contribution in [2.75, 3.05) is 19.8 Å². The summed E-state index contributed by atoms with van der Waals surface area (Å²) >= 11 is 0. The van der Waals surface area contributed by atoms with Crippen LogP contribution in [0.3, 0.4) is 0 Å². The SMILES string of the molecule is CC(=CCCOCC(O)CO)C(N)=O. The summed E-state index contributed by atoms with van der Waals surface area (Å²) < 4.78 is 5.01. The van der Waals surface area contributed by atoms with E-state index in [1.165, 1.54) is 0 Å². The molecule has 0 aliphatic carbocycles. The Labute approximate surface area is 83.2 Å². The molecule has 0 aliphatic heterocycles. The van der Waals surface area contributed by atoms with Gasteiger partial charge in [0.1, 0.15) is 6.10 Å². The van der Waals surface area contributed by atoms with Crippen LogP contribution in [0, 0.1) is 0 Å². The van der Waals surface area contributed by atoms with Crippen molar-refractivity contribution < 1.29 is 19.7 Å². The number of aliphatic hydroxyl groups is 2. The minimum Gasteiger partial charge on any atom is -0.394 e. The summed E-state index contributed by atoms with van der Waals surface area (Å²) in [4.78, 5) is 10.6. The molecular formula is C9H17NO4. The Hall–Kier alpha value is -0.910. The minimum atomic E-state index is -0.837. The lowest BCUT2D eigenvalue weighted by molar-refractivity contribution is -0.114. The third kappa shape index (κ3) is 6.59. The molecular weight excluding hydrogens is 186 g/mol. The molecule has 0 aromatic heterocycles. The standard InChI is InChI=1S/C9H17NO4/c1-7(9(10)13)3-2-4-14-6-8(12)5-11/h3,8,11-12H,2,4-6H2,1H3,(H2,10,13). The highest BCUT2D eigenvalue weighted by Crippen LogP contribution is 1.95. The molecule has 0 bridgehead atoms. The fourth-order valence-corrected chi connectivity index (χ4v) is 0.731. The molecule has 0 aliphatic rings. The minimum absolute atomic E-state index is 0.0972. The normalized spacial score (nSPS) is 14.1. The van der Waals surface area contributed by atoms with Crippen LogP contribution in [0.5, 0.6) is 0 Å². The fraction of sp³-hybridized carbons (Fsp3) is 0.667. The third-order valence-corrected chi connectivity index (χ3v) is 1.62. The summed E-state index contributed by atoms with van der Waals surface area (Å²) in [6, 6.07) is 0. The molecule has 0 heterocycles. The first-order chi connectivity index (χ1) is 6.57. The van der Waals surface area contributed by atoms with Gasteiger partial charge in [-0.15, -0.1) is 0 Å². The molecule has 82 valence electrons. The van der Waals surface area contributed by atoms with E-state index in [4.69, 9.17) is 20.7 Å². The predicted molar refractivity (Wildman–Crippen MR) is 51.5 cm³/mol. The van der Waals surface area contributed by atoms with Crippen LogP contribution in [0.25, 0.3) is 0 Å². The van der Waals surface area contributed by atoms with Crippen molar-refractivity contribution in [1.29, 1.82) is 0 Å². The number of nitrogens with two attached hydrogens (primary N) is 1. The molecule has 0 aromatic rings. The van der Waals surface area contributed by atoms with Gasteiger partial charge < -0.3 is 20.7 Å². The van der Waals surface area contributed by atoms with Gasteiger partial charge in [-0.2, -0.15) is 0 Å². The average Bonchev–Trinajstić information content (AvgIpc) is 2.16. The molecule has 0 fully saturated rings. The highest BCUT2D eigenvalue weighted by Gasteiger charge is 2.00. The van der Waals surface area contributed by atoms with Crippen molar-refractivity contribution in [3.05, 3.63) is 11.6 Å². The summed E-state index contributed by atoms with van der Waals surface area (Å²) in [6.07, 6.45) is 1.40. The molecule has 0 saturated heterocycles. The van der Waals surface area contributed by atoms with Gasteiger partial charge in [0, 0.05) is 5.57 Å². The van der Waals surface area contributed by atoms with E-state index in [-0.39, 0.29) is 13.2 Å². The van der Waals surface area contributed by atoms with Crippen molar-refractivity contribution in [1.82, 2.24) is 0 Å². The molecule has 0 rings (SSSR count). The van der Waals surface area contributed by atoms with Crippen LogP contribution in [0.4, 0.5) is 0 Å². The first-order valence-electron chi connectivity index (χ1n) is 4.41. The maximum Gasteiger partial charge on any atom is 0.244 e. The monoisotopic (exact) mass is 203 g/mol. The first-order valence-corrected chi connectivity index (χ1v) is 4.41. The van der Waals surface area contributed by atoms with E-state index in [1.807, 2.05) is 0 Å². The summed E-state index contributed by atoms with van der Waals surface area (Å²) in [5.41, 5.74) is 5.50. The second-order valence-electron chi connectivity index (χ2n) is 2.95. The predicted octanol–water partition coefficient (Wildman–Crippen LogP) is -0.822. The van der Waals surface area contributed by atoms with Crippen LogP contribution in [0.1, 0.15) is 13.3 Å². The van der Waals surface area contributed by atoms with Crippen LogP contribution in [0.15, 0.2) is 11.6 Å². The molecule has 1 amide bonds. The second-order valence-corrected chi connectivity index (χ2v) is 2.95. The van der Waals surface area contributed by atoms with Crippen molar-refractivity contribution in [3.63, 3.8) is 0 Å². The summed E-state index contributed by atoms with van der Waals surface area (Å²) in [5.74, 6) is -0.444. The lowest BCUT2D eigenvalue weighted by Crippen LogP contribution is -2.19. The topological polar surface area (TPSA) is 92.8 Å². The van der Waals surface area contributed by atoms with Crippen LogP contribution in [0.2, 0.25) is 0 Å². The zero-order chi connectivity index (χ0) is 11.0. The molecule has 4 N–H and O–H groups in total. The lowest BCUT2D eigenvalue weighted by Gasteiger charge is -2.06. The molecule has 0 radical (unpaired) electrons. The van der Waals surface area contributed by atoms with E-state index >= 15 is 0 Å². The molecule has 14 heavy (non-hydrogen) atoms. The van der Waals surface area contributed by atoms with E-state index in [9.17, 15) is 4.79 Å². The Morgan fingerprint density at radius 3 is 2.79 bits per heavy atom. The number of hydrogen-bond donors (Lipinski definition) is 3. The molecule has 1 atom stereocenters. The Kier molecular flexibility index (Phi) is 7.00. The van der Waals surface area contributed by atoms with Crippen molar-refractivity contribution in [2.45, 2.75) is 19.4 Å². The van der Waals surface area contributed by atoms with Gasteiger partial charge in [0.15, 0.2) is 0 Å². The molecule has 0 spiro atoms. The smallest absolute Gasteiger partial charge is 0.244 e. The van der Waals surface area contributed by atoms with Crippen molar-refractivity contribution in [2.24, 2.45) is 5.73 Å². The van der Waals surface area contributed by atoms with Crippen molar-refractivity contribution >= 4 is 5.91 Å². The number of carbonyl (C=O) groups excluding carboxylic acids is 1. The second kappa shape index (κ2) is 7.49. The zero-order valence-corrected chi connectivity index (χ0v) is 8.27. The molecule has 0 saturated carbocycles. The molecule has 5 nitrogen and oxygen atoms in total. The van der Waals surface area contributed by atoms with E-state index in [2.05, 4.69) is 0 Å². The van der Waals surface area contributed by atoms with Crippen molar-refractivity contribution in [3.8, 4) is 0 Å². The van der Waals surface area contributed by atoms with Gasteiger partial charge in [-0.05, 0) is 13.3 Å². The number of primary amides is 1. The Morgan fingerprint density at radius 1 is 1.64 bits per heavy atom. The Bertz CT molecular complexity index is 203. The number of carbonyl (C=O) groups is 1. The number of ether oxygens (including phenoxy) is 1. The summed E-state index contributed by atoms with van der Waals surface area (Å²) in [7, 11) is 0. The van der Waals surface area contributed by atoms with Crippen LogP contribution in [-0.2, 0) is 9.53 Å².